The molecule has 0 bridgehead atoms. The molecule has 0 radical (unpaired) electrons. The van der Waals surface area contributed by atoms with Crippen LogP contribution in [0.15, 0.2) is 30.5 Å². The maximum Gasteiger partial charge on any atom is 0.280 e. The number of rotatable bonds is 7. The first kappa shape index (κ1) is 21.1. The second-order valence-electron chi connectivity index (χ2n) is 6.98. The number of fused-ring (bicyclic) bond motifs is 1. The average molecular weight is 424 g/mol. The molecule has 0 saturated heterocycles. The number of Topliss-reactive ketones (excluding diaryl/α,β-unsaturated/α-hetero) is 1. The number of ether oxygens (including phenoxy) is 1. The van der Waals surface area contributed by atoms with Gasteiger partial charge in [0, 0.05) is 24.2 Å². The number of hydrogen-bond acceptors (Lipinski definition) is 5. The van der Waals surface area contributed by atoms with Crippen LogP contribution >= 0.6 is 11.6 Å². The zero-order chi connectivity index (χ0) is 21.3. The lowest BCUT2D eigenvalue weighted by molar-refractivity contribution is 0.0745. The number of carbonyl (C=O) groups excluding carboxylic acids is 1. The lowest BCUT2D eigenvalue weighted by Crippen LogP contribution is -2.16. The molecule has 0 spiro atoms. The Morgan fingerprint density at radius 2 is 2.07 bits per heavy atom. The van der Waals surface area contributed by atoms with Gasteiger partial charge in [0.1, 0.15) is 39.2 Å². The largest absolute Gasteiger partial charge is 0.493 e. The van der Waals surface area contributed by atoms with Crippen molar-refractivity contribution in [3.05, 3.63) is 58.3 Å². The van der Waals surface area contributed by atoms with Gasteiger partial charge in [-0.1, -0.05) is 17.7 Å². The van der Waals surface area contributed by atoms with Crippen LogP contribution in [-0.2, 0) is 12.0 Å². The fourth-order valence-electron chi connectivity index (χ4n) is 2.89. The first-order chi connectivity index (χ1) is 13.6. The second-order valence-corrected chi connectivity index (χ2v) is 7.34. The highest BCUT2D eigenvalue weighted by molar-refractivity contribution is 6.30. The van der Waals surface area contributed by atoms with Crippen LogP contribution in [0.3, 0.4) is 0 Å². The van der Waals surface area contributed by atoms with Crippen molar-refractivity contribution >= 4 is 23.0 Å². The molecule has 3 aromatic rings. The summed E-state index contributed by atoms with van der Waals surface area (Å²) in [5.41, 5.74) is -0.538. The number of imidazole rings is 1. The summed E-state index contributed by atoms with van der Waals surface area (Å²) in [6.07, 6.45) is -1.29. The summed E-state index contributed by atoms with van der Waals surface area (Å²) < 4.78 is 32.9. The summed E-state index contributed by atoms with van der Waals surface area (Å²) >= 11 is 6.37. The van der Waals surface area contributed by atoms with Crippen molar-refractivity contribution in [1.82, 2.24) is 14.4 Å². The van der Waals surface area contributed by atoms with Crippen LogP contribution in [0.2, 0.25) is 5.15 Å². The molecule has 9 heteroatoms. The van der Waals surface area contributed by atoms with Crippen molar-refractivity contribution in [2.75, 3.05) is 6.61 Å². The minimum atomic E-state index is -2.76. The number of aliphatic hydroxyl groups is 1. The number of aromatic nitrogens is 3. The van der Waals surface area contributed by atoms with Gasteiger partial charge in [-0.25, -0.2) is 18.7 Å². The van der Waals surface area contributed by atoms with Gasteiger partial charge in [0.2, 0.25) is 0 Å². The second kappa shape index (κ2) is 8.04. The lowest BCUT2D eigenvalue weighted by atomic mass is 10.1. The summed E-state index contributed by atoms with van der Waals surface area (Å²) in [6, 6.07) is 5.55. The fourth-order valence-corrected chi connectivity index (χ4v) is 3.30. The van der Waals surface area contributed by atoms with E-state index in [1.165, 1.54) is 18.2 Å². The van der Waals surface area contributed by atoms with Crippen molar-refractivity contribution in [2.45, 2.75) is 39.2 Å². The van der Waals surface area contributed by atoms with Crippen molar-refractivity contribution < 1.29 is 23.4 Å². The van der Waals surface area contributed by atoms with E-state index in [0.29, 0.717) is 23.6 Å². The molecule has 154 valence electrons. The highest BCUT2D eigenvalue weighted by Gasteiger charge is 2.26. The Hall–Kier alpha value is -2.58. The molecule has 3 rings (SSSR count). The van der Waals surface area contributed by atoms with Gasteiger partial charge in [-0.3, -0.25) is 9.20 Å². The molecule has 0 aromatic carbocycles. The average Bonchev–Trinajstić information content (AvgIpc) is 2.98. The first-order valence-electron chi connectivity index (χ1n) is 8.96. The number of alkyl halides is 2. The summed E-state index contributed by atoms with van der Waals surface area (Å²) in [5.74, 6) is -0.0194. The molecule has 1 N–H and O–H groups in total. The molecule has 0 aliphatic rings. The Morgan fingerprint density at radius 1 is 1.34 bits per heavy atom. The highest BCUT2D eigenvalue weighted by atomic mass is 35.5. The summed E-state index contributed by atoms with van der Waals surface area (Å²) in [5, 5.41) is 10.5. The van der Waals surface area contributed by atoms with Crippen LogP contribution in [-0.4, -0.2) is 31.9 Å². The van der Waals surface area contributed by atoms with Gasteiger partial charge >= 0.3 is 0 Å². The van der Waals surface area contributed by atoms with E-state index in [1.54, 1.807) is 37.4 Å². The Bertz CT molecular complexity index is 1060. The molecule has 0 saturated carbocycles. The quantitative estimate of drug-likeness (QED) is 0.571. The molecular weight excluding hydrogens is 404 g/mol. The molecule has 3 aromatic heterocycles. The maximum atomic E-state index is 12.9. The van der Waals surface area contributed by atoms with Crippen LogP contribution in [0, 0.1) is 0 Å². The van der Waals surface area contributed by atoms with E-state index < -0.39 is 23.5 Å². The monoisotopic (exact) mass is 423 g/mol. The maximum absolute atomic E-state index is 12.9. The van der Waals surface area contributed by atoms with Gasteiger partial charge < -0.3 is 9.84 Å². The van der Waals surface area contributed by atoms with E-state index in [-0.39, 0.29) is 23.0 Å². The van der Waals surface area contributed by atoms with Crippen LogP contribution in [0.4, 0.5) is 8.78 Å². The van der Waals surface area contributed by atoms with Crippen molar-refractivity contribution in [3.8, 4) is 5.75 Å². The number of ketones is 1. The zero-order valence-corrected chi connectivity index (χ0v) is 16.9. The molecule has 29 heavy (non-hydrogen) atoms. The molecule has 6 nitrogen and oxygen atoms in total. The van der Waals surface area contributed by atoms with E-state index in [9.17, 15) is 18.7 Å². The molecule has 0 amide bonds. The Kier molecular flexibility index (Phi) is 5.86. The van der Waals surface area contributed by atoms with Gasteiger partial charge in [-0.05, 0) is 32.9 Å². The predicted octanol–water partition coefficient (Wildman–Crippen LogP) is 4.37. The summed E-state index contributed by atoms with van der Waals surface area (Å²) in [6.45, 7) is 5.28. The van der Waals surface area contributed by atoms with Gasteiger partial charge in [0.15, 0.2) is 5.78 Å². The van der Waals surface area contributed by atoms with Gasteiger partial charge in [-0.2, -0.15) is 0 Å². The SMILES string of the molecule is CCOc1cc2nc(C(C)(C)O)c(Cl)n2cc1CC(=O)c1cccc(C(F)F)n1. The van der Waals surface area contributed by atoms with E-state index in [2.05, 4.69) is 9.97 Å². The van der Waals surface area contributed by atoms with E-state index >= 15 is 0 Å². The van der Waals surface area contributed by atoms with Crippen LogP contribution in [0.5, 0.6) is 5.75 Å². The van der Waals surface area contributed by atoms with Crippen molar-refractivity contribution in [2.24, 2.45) is 0 Å². The number of nitrogens with zero attached hydrogens (tertiary/aromatic N) is 3. The molecule has 0 unspecified atom stereocenters. The molecule has 3 heterocycles. The normalized spacial score (nSPS) is 12.0. The third-order valence-corrected chi connectivity index (χ3v) is 4.61. The standard InChI is InChI=1S/C20H20ClF2N3O3/c1-4-29-15-9-16-25-17(20(2,3)28)18(21)26(16)10-11(15)8-14(27)12-6-5-7-13(24-12)19(22)23/h5-7,9-10,19,28H,4,8H2,1-3H3. The van der Waals surface area contributed by atoms with Crippen molar-refractivity contribution in [3.63, 3.8) is 0 Å². The van der Waals surface area contributed by atoms with E-state index in [0.717, 1.165) is 0 Å². The Labute approximate surface area is 171 Å². The first-order valence-corrected chi connectivity index (χ1v) is 9.34. The number of carbonyl (C=O) groups is 1. The number of hydrogen-bond donors (Lipinski definition) is 1. The summed E-state index contributed by atoms with van der Waals surface area (Å²) in [4.78, 5) is 20.8. The van der Waals surface area contributed by atoms with Gasteiger partial charge in [-0.15, -0.1) is 0 Å². The van der Waals surface area contributed by atoms with Gasteiger partial charge in [0.05, 0.1) is 6.61 Å². The molecule has 0 atom stereocenters. The Balaban J connectivity index is 2.03. The highest BCUT2D eigenvalue weighted by Crippen LogP contribution is 2.31. The Morgan fingerprint density at radius 3 is 2.69 bits per heavy atom. The number of halogens is 3. The third-order valence-electron chi connectivity index (χ3n) is 4.25. The summed E-state index contributed by atoms with van der Waals surface area (Å²) in [7, 11) is 0. The van der Waals surface area contributed by atoms with Crippen LogP contribution in [0.25, 0.3) is 5.65 Å². The smallest absolute Gasteiger partial charge is 0.280 e. The van der Waals surface area contributed by atoms with E-state index in [1.807, 2.05) is 0 Å². The lowest BCUT2D eigenvalue weighted by Gasteiger charge is -2.14. The molecular formula is C20H20ClF2N3O3. The van der Waals surface area contributed by atoms with Crippen LogP contribution < -0.4 is 4.74 Å². The fraction of sp³-hybridized carbons (Fsp3) is 0.350. The zero-order valence-electron chi connectivity index (χ0n) is 16.1. The predicted molar refractivity (Wildman–Crippen MR) is 104 cm³/mol. The number of pyridine rings is 2. The molecule has 0 fully saturated rings. The van der Waals surface area contributed by atoms with Crippen LogP contribution in [0.1, 0.15) is 54.6 Å². The third kappa shape index (κ3) is 4.38. The van der Waals surface area contributed by atoms with E-state index in [4.69, 9.17) is 16.3 Å². The van der Waals surface area contributed by atoms with Gasteiger partial charge in [0.25, 0.3) is 6.43 Å². The molecule has 0 aliphatic carbocycles. The minimum absolute atomic E-state index is 0.0562. The minimum Gasteiger partial charge on any atom is -0.493 e. The molecule has 0 aliphatic heterocycles. The topological polar surface area (TPSA) is 76.7 Å². The van der Waals surface area contributed by atoms with Crippen molar-refractivity contribution in [1.29, 1.82) is 0 Å².